The first-order valence-electron chi connectivity index (χ1n) is 9.90. The zero-order valence-electron chi connectivity index (χ0n) is 17.2. The smallest absolute Gasteiger partial charge is 0.299 e. The number of ether oxygens (including phenoxy) is 1. The minimum atomic E-state index is -0.512. The Morgan fingerprint density at radius 1 is 1.09 bits per heavy atom. The van der Waals surface area contributed by atoms with Gasteiger partial charge in [-0.05, 0) is 31.2 Å². The number of amides is 1. The van der Waals surface area contributed by atoms with Crippen molar-refractivity contribution in [2.45, 2.75) is 6.92 Å². The number of non-ortho nitro benzene ring substituents is 1. The van der Waals surface area contributed by atoms with Crippen LogP contribution in [0.4, 0.5) is 17.1 Å². The van der Waals surface area contributed by atoms with E-state index in [0.717, 1.165) is 0 Å². The van der Waals surface area contributed by atoms with Crippen LogP contribution in [-0.2, 0) is 4.74 Å². The zero-order valence-corrected chi connectivity index (χ0v) is 17.2. The molecule has 1 fully saturated rings. The molecular formula is C21H20N6O5. The van der Waals surface area contributed by atoms with Crippen molar-refractivity contribution >= 4 is 23.0 Å². The number of benzene rings is 2. The number of hydrogen-bond acceptors (Lipinski definition) is 7. The highest BCUT2D eigenvalue weighted by Crippen LogP contribution is 2.24. The molecule has 3 aromatic rings. The molecule has 1 aliphatic heterocycles. The number of nitro benzene ring substituents is 1. The summed E-state index contributed by atoms with van der Waals surface area (Å²) in [5.74, 6) is -0.170. The molecule has 0 unspecified atom stereocenters. The van der Waals surface area contributed by atoms with Crippen molar-refractivity contribution in [1.82, 2.24) is 14.7 Å². The van der Waals surface area contributed by atoms with E-state index in [4.69, 9.17) is 4.74 Å². The molecule has 4 rings (SSSR count). The molecule has 1 aliphatic rings. The van der Waals surface area contributed by atoms with Gasteiger partial charge in [-0.15, -0.1) is 10.2 Å². The fourth-order valence-electron chi connectivity index (χ4n) is 3.34. The summed E-state index contributed by atoms with van der Waals surface area (Å²) in [6.07, 6.45) is 0. The molecule has 1 saturated heterocycles. The Morgan fingerprint density at radius 2 is 1.78 bits per heavy atom. The SMILES string of the molecule is Cc1[nH]n(-c2ccc([N+](=O)[O-])cc2)c(=O)c1N=Nc1ccccc1C(=O)N1CCOCC1. The first-order chi connectivity index (χ1) is 15.5. The summed E-state index contributed by atoms with van der Waals surface area (Å²) in [6, 6.07) is 12.4. The number of hydrogen-bond donors (Lipinski definition) is 1. The molecule has 0 bridgehead atoms. The highest BCUT2D eigenvalue weighted by atomic mass is 16.6. The van der Waals surface area contributed by atoms with Gasteiger partial charge in [-0.3, -0.25) is 24.8 Å². The van der Waals surface area contributed by atoms with Gasteiger partial charge in [-0.2, -0.15) is 0 Å². The number of nitro groups is 1. The lowest BCUT2D eigenvalue weighted by atomic mass is 10.1. The summed E-state index contributed by atoms with van der Waals surface area (Å²) in [5.41, 5.74) is 1.18. The molecular weight excluding hydrogens is 416 g/mol. The van der Waals surface area contributed by atoms with Gasteiger partial charge < -0.3 is 9.64 Å². The Morgan fingerprint density at radius 3 is 2.47 bits per heavy atom. The lowest BCUT2D eigenvalue weighted by Gasteiger charge is -2.27. The van der Waals surface area contributed by atoms with Crippen molar-refractivity contribution in [2.24, 2.45) is 10.2 Å². The molecule has 2 aromatic carbocycles. The maximum Gasteiger partial charge on any atom is 0.299 e. The van der Waals surface area contributed by atoms with Crippen molar-refractivity contribution in [2.75, 3.05) is 26.3 Å². The van der Waals surface area contributed by atoms with E-state index in [1.54, 1.807) is 36.1 Å². The number of rotatable bonds is 5. The molecule has 11 heteroatoms. The number of H-pyrrole nitrogens is 1. The quantitative estimate of drug-likeness (QED) is 0.372. The van der Waals surface area contributed by atoms with Crippen LogP contribution in [0.5, 0.6) is 0 Å². The van der Waals surface area contributed by atoms with E-state index in [9.17, 15) is 19.7 Å². The van der Waals surface area contributed by atoms with E-state index in [1.165, 1.54) is 28.9 Å². The molecule has 0 radical (unpaired) electrons. The van der Waals surface area contributed by atoms with Crippen LogP contribution in [0, 0.1) is 17.0 Å². The zero-order chi connectivity index (χ0) is 22.7. The Balaban J connectivity index is 1.63. The predicted molar refractivity (Wildman–Crippen MR) is 115 cm³/mol. The number of carbonyl (C=O) groups excluding carboxylic acids is 1. The van der Waals surface area contributed by atoms with Crippen molar-refractivity contribution in [3.8, 4) is 5.69 Å². The number of nitrogens with zero attached hydrogens (tertiary/aromatic N) is 5. The molecule has 1 amide bonds. The van der Waals surface area contributed by atoms with E-state index < -0.39 is 10.5 Å². The van der Waals surface area contributed by atoms with E-state index in [2.05, 4.69) is 15.3 Å². The van der Waals surface area contributed by atoms with Gasteiger partial charge >= 0.3 is 0 Å². The van der Waals surface area contributed by atoms with Gasteiger partial charge in [0.05, 0.1) is 40.8 Å². The van der Waals surface area contributed by atoms with Gasteiger partial charge in [-0.1, -0.05) is 12.1 Å². The molecule has 164 valence electrons. The second kappa shape index (κ2) is 8.94. The number of aryl methyl sites for hydroxylation is 1. The molecule has 0 spiro atoms. The van der Waals surface area contributed by atoms with E-state index in [-0.39, 0.29) is 17.3 Å². The number of morpholine rings is 1. The summed E-state index contributed by atoms with van der Waals surface area (Å²) in [7, 11) is 0. The maximum atomic E-state index is 12.9. The fourth-order valence-corrected chi connectivity index (χ4v) is 3.34. The molecule has 2 heterocycles. The van der Waals surface area contributed by atoms with Gasteiger partial charge in [0.25, 0.3) is 17.2 Å². The van der Waals surface area contributed by atoms with Crippen LogP contribution in [-0.4, -0.2) is 51.8 Å². The Hall–Kier alpha value is -4.12. The van der Waals surface area contributed by atoms with Crippen LogP contribution in [0.2, 0.25) is 0 Å². The molecule has 0 saturated carbocycles. The third kappa shape index (κ3) is 4.18. The third-order valence-electron chi connectivity index (χ3n) is 5.05. The predicted octanol–water partition coefficient (Wildman–Crippen LogP) is 3.27. The average Bonchev–Trinajstić information content (AvgIpc) is 3.11. The number of nitrogens with one attached hydrogen (secondary N) is 1. The summed E-state index contributed by atoms with van der Waals surface area (Å²) in [4.78, 5) is 37.8. The van der Waals surface area contributed by atoms with Gasteiger partial charge in [-0.25, -0.2) is 4.68 Å². The van der Waals surface area contributed by atoms with Gasteiger partial charge in [0.15, 0.2) is 5.69 Å². The molecule has 1 N–H and O–H groups in total. The maximum absolute atomic E-state index is 12.9. The van der Waals surface area contributed by atoms with Crippen LogP contribution in [0.25, 0.3) is 5.69 Å². The first kappa shape index (κ1) is 21.1. The van der Waals surface area contributed by atoms with Crippen molar-refractivity contribution in [1.29, 1.82) is 0 Å². The minimum Gasteiger partial charge on any atom is -0.378 e. The minimum absolute atomic E-state index is 0.0773. The standard InChI is InChI=1S/C21H20N6O5/c1-14-19(21(29)26(24-14)15-6-8-16(9-7-15)27(30)31)23-22-18-5-3-2-4-17(18)20(28)25-10-12-32-13-11-25/h2-9,24H,10-13H2,1H3. The topological polar surface area (TPSA) is 135 Å². The summed E-state index contributed by atoms with van der Waals surface area (Å²) >= 11 is 0. The van der Waals surface area contributed by atoms with Crippen LogP contribution in [0.3, 0.4) is 0 Å². The summed E-state index contributed by atoms with van der Waals surface area (Å²) in [6.45, 7) is 3.64. The monoisotopic (exact) mass is 436 g/mol. The van der Waals surface area contributed by atoms with Crippen LogP contribution >= 0.6 is 0 Å². The van der Waals surface area contributed by atoms with E-state index in [1.807, 2.05) is 0 Å². The fraction of sp³-hybridized carbons (Fsp3) is 0.238. The second-order valence-corrected chi connectivity index (χ2v) is 7.12. The number of azo groups is 1. The molecule has 0 atom stereocenters. The highest BCUT2D eigenvalue weighted by Gasteiger charge is 2.21. The largest absolute Gasteiger partial charge is 0.378 e. The third-order valence-corrected chi connectivity index (χ3v) is 5.05. The van der Waals surface area contributed by atoms with E-state index >= 15 is 0 Å². The van der Waals surface area contributed by atoms with Crippen molar-refractivity contribution in [3.63, 3.8) is 0 Å². The Kier molecular flexibility index (Phi) is 5.90. The normalized spacial score (nSPS) is 14.1. The Bertz CT molecular complexity index is 1240. The van der Waals surface area contributed by atoms with Gasteiger partial charge in [0, 0.05) is 25.2 Å². The first-order valence-corrected chi connectivity index (χ1v) is 9.90. The van der Waals surface area contributed by atoms with Crippen LogP contribution in [0.15, 0.2) is 63.6 Å². The number of carbonyl (C=O) groups is 1. The molecule has 32 heavy (non-hydrogen) atoms. The van der Waals surface area contributed by atoms with Crippen molar-refractivity contribution < 1.29 is 14.5 Å². The summed E-state index contributed by atoms with van der Waals surface area (Å²) in [5, 5.41) is 22.0. The lowest BCUT2D eigenvalue weighted by molar-refractivity contribution is -0.384. The lowest BCUT2D eigenvalue weighted by Crippen LogP contribution is -2.40. The molecule has 0 aliphatic carbocycles. The molecule has 11 nitrogen and oxygen atoms in total. The van der Waals surface area contributed by atoms with Crippen LogP contribution < -0.4 is 5.56 Å². The van der Waals surface area contributed by atoms with E-state index in [0.29, 0.717) is 48.9 Å². The summed E-state index contributed by atoms with van der Waals surface area (Å²) < 4.78 is 6.53. The molecule has 1 aromatic heterocycles. The number of aromatic nitrogens is 2. The second-order valence-electron chi connectivity index (χ2n) is 7.12. The Labute approximate surface area is 182 Å². The van der Waals surface area contributed by atoms with Crippen LogP contribution in [0.1, 0.15) is 16.1 Å². The highest BCUT2D eigenvalue weighted by molar-refractivity contribution is 5.99. The van der Waals surface area contributed by atoms with Gasteiger partial charge in [0.2, 0.25) is 0 Å². The van der Waals surface area contributed by atoms with Gasteiger partial charge in [0.1, 0.15) is 0 Å². The average molecular weight is 436 g/mol. The van der Waals surface area contributed by atoms with Crippen molar-refractivity contribution in [3.05, 3.63) is 80.3 Å². The number of aromatic amines is 1.